The zero-order valence-electron chi connectivity index (χ0n) is 18.9. The van der Waals surface area contributed by atoms with Crippen molar-refractivity contribution in [1.82, 2.24) is 4.90 Å². The fourth-order valence-electron chi connectivity index (χ4n) is 6.25. The lowest BCUT2D eigenvalue weighted by Crippen LogP contribution is -2.56. The van der Waals surface area contributed by atoms with Gasteiger partial charge >= 0.3 is 5.97 Å². The SMILES string of the molecule is CC(=O)O[C@@H]1C[C@@]2(O)[C@H](C)CC[C@@H](C(C)CN3CCc4ccccc4C3)[C@H]2C=C1C. The summed E-state index contributed by atoms with van der Waals surface area (Å²) in [6.45, 7) is 11.2. The van der Waals surface area contributed by atoms with E-state index in [0.29, 0.717) is 18.3 Å². The highest BCUT2D eigenvalue weighted by Crippen LogP contribution is 2.51. The second-order valence-electron chi connectivity index (χ2n) is 10.1. The van der Waals surface area contributed by atoms with Crippen molar-refractivity contribution >= 4 is 5.97 Å². The van der Waals surface area contributed by atoms with E-state index >= 15 is 0 Å². The number of hydrogen-bond acceptors (Lipinski definition) is 4. The van der Waals surface area contributed by atoms with Crippen LogP contribution in [-0.2, 0) is 22.5 Å². The Morgan fingerprint density at radius 1 is 1.30 bits per heavy atom. The maximum Gasteiger partial charge on any atom is 0.303 e. The van der Waals surface area contributed by atoms with Crippen molar-refractivity contribution < 1.29 is 14.6 Å². The molecule has 30 heavy (non-hydrogen) atoms. The van der Waals surface area contributed by atoms with Gasteiger partial charge in [0.2, 0.25) is 0 Å². The molecule has 1 aromatic carbocycles. The second kappa shape index (κ2) is 8.47. The van der Waals surface area contributed by atoms with Gasteiger partial charge in [-0.25, -0.2) is 0 Å². The van der Waals surface area contributed by atoms with Crippen molar-refractivity contribution in [3.05, 3.63) is 47.0 Å². The zero-order valence-corrected chi connectivity index (χ0v) is 18.9. The largest absolute Gasteiger partial charge is 0.458 e. The molecule has 0 radical (unpaired) electrons. The van der Waals surface area contributed by atoms with Crippen molar-refractivity contribution in [2.75, 3.05) is 13.1 Å². The number of aliphatic hydroxyl groups is 1. The number of carbonyl (C=O) groups excluding carboxylic acids is 1. The summed E-state index contributed by atoms with van der Waals surface area (Å²) in [5, 5.41) is 11.8. The minimum absolute atomic E-state index is 0.139. The highest BCUT2D eigenvalue weighted by Gasteiger charge is 2.52. The van der Waals surface area contributed by atoms with Crippen molar-refractivity contribution in [2.24, 2.45) is 23.7 Å². The fraction of sp³-hybridized carbons (Fsp3) is 0.654. The third-order valence-electron chi connectivity index (χ3n) is 8.08. The van der Waals surface area contributed by atoms with E-state index in [4.69, 9.17) is 4.74 Å². The molecule has 0 amide bonds. The van der Waals surface area contributed by atoms with Gasteiger partial charge in [-0.1, -0.05) is 44.2 Å². The molecule has 164 valence electrons. The summed E-state index contributed by atoms with van der Waals surface area (Å²) in [6, 6.07) is 8.80. The summed E-state index contributed by atoms with van der Waals surface area (Å²) in [4.78, 5) is 14.1. The van der Waals surface area contributed by atoms with Crippen LogP contribution in [-0.4, -0.2) is 40.8 Å². The first-order chi connectivity index (χ1) is 14.3. The Labute approximate surface area is 181 Å². The molecule has 0 aromatic heterocycles. The molecule has 0 spiro atoms. The van der Waals surface area contributed by atoms with E-state index in [1.165, 1.54) is 18.1 Å². The number of nitrogens with zero attached hydrogens (tertiary/aromatic N) is 1. The number of rotatable bonds is 4. The maximum atomic E-state index is 11.8. The van der Waals surface area contributed by atoms with Crippen LogP contribution in [0.5, 0.6) is 0 Å². The Balaban J connectivity index is 1.50. The van der Waals surface area contributed by atoms with Crippen molar-refractivity contribution in [2.45, 2.75) is 71.6 Å². The molecule has 6 atom stereocenters. The van der Waals surface area contributed by atoms with Crippen LogP contribution in [0.4, 0.5) is 0 Å². The van der Waals surface area contributed by atoms with Crippen LogP contribution >= 0.6 is 0 Å². The van der Waals surface area contributed by atoms with Gasteiger partial charge in [0.15, 0.2) is 0 Å². The summed E-state index contributed by atoms with van der Waals surface area (Å²) < 4.78 is 5.54. The summed E-state index contributed by atoms with van der Waals surface area (Å²) in [5.41, 5.74) is 3.26. The Morgan fingerprint density at radius 3 is 2.77 bits per heavy atom. The van der Waals surface area contributed by atoms with Gasteiger partial charge in [0, 0.05) is 38.9 Å². The lowest BCUT2D eigenvalue weighted by molar-refractivity contribution is -0.159. The summed E-state index contributed by atoms with van der Waals surface area (Å²) in [6.07, 6.45) is 5.78. The lowest BCUT2D eigenvalue weighted by Gasteiger charge is -2.53. The molecule has 1 saturated carbocycles. The van der Waals surface area contributed by atoms with Gasteiger partial charge < -0.3 is 9.84 Å². The molecular weight excluding hydrogens is 374 g/mol. The van der Waals surface area contributed by atoms with E-state index < -0.39 is 5.60 Å². The first kappa shape index (κ1) is 21.6. The van der Waals surface area contributed by atoms with E-state index in [-0.39, 0.29) is 23.9 Å². The molecular formula is C26H37NO3. The molecule has 1 fully saturated rings. The van der Waals surface area contributed by atoms with Crippen molar-refractivity contribution in [1.29, 1.82) is 0 Å². The van der Waals surface area contributed by atoms with E-state index in [1.54, 1.807) is 0 Å². The molecule has 1 heterocycles. The molecule has 1 aliphatic heterocycles. The normalized spacial score (nSPS) is 35.0. The highest BCUT2D eigenvalue weighted by atomic mass is 16.5. The maximum absolute atomic E-state index is 11.8. The molecule has 1 aromatic rings. The first-order valence-electron chi connectivity index (χ1n) is 11.6. The van der Waals surface area contributed by atoms with Crippen LogP contribution in [0.3, 0.4) is 0 Å². The average molecular weight is 412 g/mol. The van der Waals surface area contributed by atoms with Crippen LogP contribution in [0, 0.1) is 23.7 Å². The number of benzene rings is 1. The minimum atomic E-state index is -0.786. The minimum Gasteiger partial charge on any atom is -0.458 e. The van der Waals surface area contributed by atoms with Crippen molar-refractivity contribution in [3.8, 4) is 0 Å². The highest BCUT2D eigenvalue weighted by molar-refractivity contribution is 5.66. The third kappa shape index (κ3) is 4.09. The Bertz CT molecular complexity index is 818. The number of carbonyl (C=O) groups is 1. The van der Waals surface area contributed by atoms with Gasteiger partial charge in [-0.2, -0.15) is 0 Å². The summed E-state index contributed by atoms with van der Waals surface area (Å²) >= 11 is 0. The molecule has 2 aliphatic carbocycles. The van der Waals surface area contributed by atoms with Gasteiger partial charge in [0.25, 0.3) is 0 Å². The molecule has 1 unspecified atom stereocenters. The quantitative estimate of drug-likeness (QED) is 0.591. The van der Waals surface area contributed by atoms with Gasteiger partial charge in [0.05, 0.1) is 5.60 Å². The molecule has 1 N–H and O–H groups in total. The lowest BCUT2D eigenvalue weighted by atomic mass is 9.57. The first-order valence-corrected chi connectivity index (χ1v) is 11.6. The predicted octanol–water partition coefficient (Wildman–Crippen LogP) is 4.36. The number of ether oxygens (including phenoxy) is 1. The van der Waals surface area contributed by atoms with E-state index in [1.807, 2.05) is 0 Å². The predicted molar refractivity (Wildman–Crippen MR) is 119 cm³/mol. The topological polar surface area (TPSA) is 49.8 Å². The van der Waals surface area contributed by atoms with Crippen LogP contribution in [0.25, 0.3) is 0 Å². The summed E-state index contributed by atoms with van der Waals surface area (Å²) in [5.74, 6) is 1.05. The number of esters is 1. The smallest absolute Gasteiger partial charge is 0.303 e. The standard InChI is InChI=1S/C26H37NO3/c1-17-13-24-23(10-9-19(3)26(24,29)14-25(17)30-20(4)28)18(2)15-27-12-11-21-7-5-6-8-22(21)16-27/h5-8,13,18-19,23-25,29H,9-12,14-16H2,1-4H3/t18?,19-,23+,24-,25-,26-/m1/s1. The molecule has 0 saturated heterocycles. The van der Waals surface area contributed by atoms with Crippen LogP contribution in [0.1, 0.15) is 58.1 Å². The van der Waals surface area contributed by atoms with Gasteiger partial charge in [-0.3, -0.25) is 9.69 Å². The van der Waals surface area contributed by atoms with Crippen LogP contribution in [0.15, 0.2) is 35.9 Å². The number of hydrogen-bond donors (Lipinski definition) is 1. The Hall–Kier alpha value is -1.65. The molecule has 4 rings (SSSR count). The van der Waals surface area contributed by atoms with Gasteiger partial charge in [0.1, 0.15) is 6.10 Å². The average Bonchev–Trinajstić information content (AvgIpc) is 2.70. The van der Waals surface area contributed by atoms with Crippen molar-refractivity contribution in [3.63, 3.8) is 0 Å². The Kier molecular flexibility index (Phi) is 6.09. The molecule has 3 aliphatic rings. The fourth-order valence-corrected chi connectivity index (χ4v) is 6.25. The third-order valence-corrected chi connectivity index (χ3v) is 8.08. The zero-order chi connectivity index (χ0) is 21.5. The van der Waals surface area contributed by atoms with E-state index in [2.05, 4.69) is 56.0 Å². The van der Waals surface area contributed by atoms with Gasteiger partial charge in [-0.15, -0.1) is 0 Å². The summed E-state index contributed by atoms with van der Waals surface area (Å²) in [7, 11) is 0. The Morgan fingerprint density at radius 2 is 2.03 bits per heavy atom. The molecule has 0 bridgehead atoms. The van der Waals surface area contributed by atoms with Gasteiger partial charge in [-0.05, 0) is 60.6 Å². The van der Waals surface area contributed by atoms with E-state index in [0.717, 1.165) is 44.5 Å². The molecule has 4 heteroatoms. The molecule has 4 nitrogen and oxygen atoms in total. The number of fused-ring (bicyclic) bond motifs is 2. The monoisotopic (exact) mass is 411 g/mol. The van der Waals surface area contributed by atoms with Crippen LogP contribution in [0.2, 0.25) is 0 Å². The van der Waals surface area contributed by atoms with Crippen LogP contribution < -0.4 is 0 Å². The second-order valence-corrected chi connectivity index (χ2v) is 10.1. The van der Waals surface area contributed by atoms with E-state index in [9.17, 15) is 9.90 Å².